The first-order chi connectivity index (χ1) is 12.8. The fourth-order valence-corrected chi connectivity index (χ4v) is 4.32. The summed E-state index contributed by atoms with van der Waals surface area (Å²) in [5, 5.41) is 2.89. The van der Waals surface area contributed by atoms with Crippen molar-refractivity contribution in [1.82, 2.24) is 0 Å². The van der Waals surface area contributed by atoms with Gasteiger partial charge in [-0.3, -0.25) is 14.5 Å². The van der Waals surface area contributed by atoms with Gasteiger partial charge in [0.1, 0.15) is 5.37 Å². The van der Waals surface area contributed by atoms with E-state index in [2.05, 4.69) is 31.3 Å². The van der Waals surface area contributed by atoms with Gasteiger partial charge in [-0.1, -0.05) is 32.0 Å². The fraction of sp³-hybridized carbons (Fsp3) is 0.364. The van der Waals surface area contributed by atoms with Gasteiger partial charge in [0.2, 0.25) is 11.8 Å². The van der Waals surface area contributed by atoms with E-state index in [9.17, 15) is 9.59 Å². The normalized spacial score (nSPS) is 16.9. The molecule has 2 aromatic carbocycles. The molecule has 1 atom stereocenters. The van der Waals surface area contributed by atoms with Crippen molar-refractivity contribution in [1.29, 1.82) is 0 Å². The lowest BCUT2D eigenvalue weighted by atomic mass is 10.1. The van der Waals surface area contributed by atoms with E-state index in [0.717, 1.165) is 16.9 Å². The smallest absolute Gasteiger partial charge is 0.238 e. The molecule has 27 heavy (non-hydrogen) atoms. The standard InChI is InChI=1S/C22H26N2O2S/c1-14(2)11-20(25)23-18-8-6-17(7-9-18)22-24(21(26)13-27-22)19-10-5-15(3)16(4)12-19/h5-10,12,14,22H,11,13H2,1-4H3,(H,23,25)/t22-/m0/s1. The molecule has 0 unspecified atom stereocenters. The van der Waals surface area contributed by atoms with Crippen molar-refractivity contribution in [3.8, 4) is 0 Å². The Morgan fingerprint density at radius 3 is 2.48 bits per heavy atom. The second-order valence-electron chi connectivity index (χ2n) is 7.46. The van der Waals surface area contributed by atoms with Crippen LogP contribution in [-0.2, 0) is 9.59 Å². The van der Waals surface area contributed by atoms with E-state index in [1.54, 1.807) is 11.8 Å². The summed E-state index contributed by atoms with van der Waals surface area (Å²) in [4.78, 5) is 26.3. The van der Waals surface area contributed by atoms with Crippen LogP contribution in [0.3, 0.4) is 0 Å². The summed E-state index contributed by atoms with van der Waals surface area (Å²) >= 11 is 1.63. The minimum absolute atomic E-state index is 0.0277. The van der Waals surface area contributed by atoms with Crippen LogP contribution in [0.2, 0.25) is 0 Å². The molecule has 142 valence electrons. The molecule has 0 bridgehead atoms. The van der Waals surface area contributed by atoms with Crippen molar-refractivity contribution in [3.05, 3.63) is 59.2 Å². The number of hydrogen-bond acceptors (Lipinski definition) is 3. The van der Waals surface area contributed by atoms with Crippen molar-refractivity contribution in [3.63, 3.8) is 0 Å². The minimum atomic E-state index is -0.0416. The highest BCUT2D eigenvalue weighted by atomic mass is 32.2. The quantitative estimate of drug-likeness (QED) is 0.786. The van der Waals surface area contributed by atoms with Gasteiger partial charge in [0.15, 0.2) is 0 Å². The number of carbonyl (C=O) groups excluding carboxylic acids is 2. The van der Waals surface area contributed by atoms with E-state index < -0.39 is 0 Å². The number of hydrogen-bond donors (Lipinski definition) is 1. The monoisotopic (exact) mass is 382 g/mol. The summed E-state index contributed by atoms with van der Waals surface area (Å²) in [7, 11) is 0. The Morgan fingerprint density at radius 1 is 1.15 bits per heavy atom. The van der Waals surface area contributed by atoms with Gasteiger partial charge >= 0.3 is 0 Å². The third kappa shape index (κ3) is 4.53. The average Bonchev–Trinajstić information content (AvgIpc) is 2.99. The van der Waals surface area contributed by atoms with Crippen LogP contribution in [0.15, 0.2) is 42.5 Å². The lowest BCUT2D eigenvalue weighted by Gasteiger charge is -2.25. The van der Waals surface area contributed by atoms with Crippen LogP contribution in [0, 0.1) is 19.8 Å². The van der Waals surface area contributed by atoms with E-state index in [1.165, 1.54) is 11.1 Å². The fourth-order valence-electron chi connectivity index (χ4n) is 3.14. The number of aryl methyl sites for hydroxylation is 2. The highest BCUT2D eigenvalue weighted by Gasteiger charge is 2.34. The predicted molar refractivity (Wildman–Crippen MR) is 113 cm³/mol. The van der Waals surface area contributed by atoms with Crippen LogP contribution in [0.1, 0.15) is 42.3 Å². The van der Waals surface area contributed by atoms with Gasteiger partial charge < -0.3 is 5.32 Å². The van der Waals surface area contributed by atoms with Gasteiger partial charge in [0.25, 0.3) is 0 Å². The molecule has 1 aliphatic rings. The molecule has 5 heteroatoms. The number of benzene rings is 2. The highest BCUT2D eigenvalue weighted by molar-refractivity contribution is 8.00. The van der Waals surface area contributed by atoms with Gasteiger partial charge in [0, 0.05) is 17.8 Å². The number of nitrogens with one attached hydrogen (secondary N) is 1. The van der Waals surface area contributed by atoms with Crippen molar-refractivity contribution < 1.29 is 9.59 Å². The molecule has 1 fully saturated rings. The molecule has 0 saturated carbocycles. The Bertz CT molecular complexity index is 846. The maximum absolute atomic E-state index is 12.5. The van der Waals surface area contributed by atoms with Crippen LogP contribution < -0.4 is 10.2 Å². The first-order valence-corrected chi connectivity index (χ1v) is 10.3. The summed E-state index contributed by atoms with van der Waals surface area (Å²) in [5.74, 6) is 0.962. The van der Waals surface area contributed by atoms with E-state index >= 15 is 0 Å². The SMILES string of the molecule is Cc1ccc(N2C(=O)CS[C@H]2c2ccc(NC(=O)CC(C)C)cc2)cc1C. The zero-order chi connectivity index (χ0) is 19.6. The number of anilines is 2. The average molecular weight is 383 g/mol. The first-order valence-electron chi connectivity index (χ1n) is 9.26. The van der Waals surface area contributed by atoms with Gasteiger partial charge in [0.05, 0.1) is 5.75 Å². The first kappa shape index (κ1) is 19.5. The molecule has 2 amide bonds. The second-order valence-corrected chi connectivity index (χ2v) is 8.53. The van der Waals surface area contributed by atoms with Crippen LogP contribution >= 0.6 is 11.8 Å². The molecular formula is C22H26N2O2S. The van der Waals surface area contributed by atoms with E-state index in [-0.39, 0.29) is 17.2 Å². The number of rotatable bonds is 5. The van der Waals surface area contributed by atoms with Gasteiger partial charge in [-0.05, 0) is 60.7 Å². The maximum atomic E-state index is 12.5. The van der Waals surface area contributed by atoms with Crippen LogP contribution in [0.4, 0.5) is 11.4 Å². The molecule has 0 aromatic heterocycles. The lowest BCUT2D eigenvalue weighted by molar-refractivity contribution is -0.117. The Labute approximate surface area is 165 Å². The Hall–Kier alpha value is -2.27. The molecule has 0 aliphatic carbocycles. The number of nitrogens with zero attached hydrogens (tertiary/aromatic N) is 1. The molecule has 1 heterocycles. The Balaban J connectivity index is 1.79. The zero-order valence-corrected chi connectivity index (χ0v) is 17.1. The van der Waals surface area contributed by atoms with E-state index in [1.807, 2.05) is 49.1 Å². The third-order valence-corrected chi connectivity index (χ3v) is 5.92. The second kappa shape index (κ2) is 8.17. The highest BCUT2D eigenvalue weighted by Crippen LogP contribution is 2.42. The van der Waals surface area contributed by atoms with Crippen LogP contribution in [-0.4, -0.2) is 17.6 Å². The van der Waals surface area contributed by atoms with Gasteiger partial charge in [-0.25, -0.2) is 0 Å². The van der Waals surface area contributed by atoms with Gasteiger partial charge in [-0.2, -0.15) is 0 Å². The zero-order valence-electron chi connectivity index (χ0n) is 16.3. The molecule has 1 saturated heterocycles. The molecule has 1 N–H and O–H groups in total. The molecule has 3 rings (SSSR count). The van der Waals surface area contributed by atoms with Gasteiger partial charge in [-0.15, -0.1) is 11.8 Å². The maximum Gasteiger partial charge on any atom is 0.238 e. The molecule has 4 nitrogen and oxygen atoms in total. The predicted octanol–water partition coefficient (Wildman–Crippen LogP) is 5.07. The lowest BCUT2D eigenvalue weighted by Crippen LogP contribution is -2.27. The van der Waals surface area contributed by atoms with E-state index in [4.69, 9.17) is 0 Å². The van der Waals surface area contributed by atoms with Crippen molar-refractivity contribution in [2.24, 2.45) is 5.92 Å². The summed E-state index contributed by atoms with van der Waals surface area (Å²) in [5.41, 5.74) is 5.19. The Kier molecular flexibility index (Phi) is 5.90. The number of amides is 2. The summed E-state index contributed by atoms with van der Waals surface area (Å²) in [6, 6.07) is 14.0. The van der Waals surface area contributed by atoms with Crippen molar-refractivity contribution >= 4 is 35.0 Å². The van der Waals surface area contributed by atoms with Crippen molar-refractivity contribution in [2.45, 2.75) is 39.5 Å². The number of thioether (sulfide) groups is 1. The molecule has 0 radical (unpaired) electrons. The molecule has 0 spiro atoms. The van der Waals surface area contributed by atoms with Crippen molar-refractivity contribution in [2.75, 3.05) is 16.0 Å². The van der Waals surface area contributed by atoms with Crippen LogP contribution in [0.25, 0.3) is 0 Å². The summed E-state index contributed by atoms with van der Waals surface area (Å²) < 4.78 is 0. The minimum Gasteiger partial charge on any atom is -0.326 e. The Morgan fingerprint density at radius 2 is 1.85 bits per heavy atom. The summed E-state index contributed by atoms with van der Waals surface area (Å²) in [6.07, 6.45) is 0.509. The summed E-state index contributed by atoms with van der Waals surface area (Å²) in [6.45, 7) is 8.19. The topological polar surface area (TPSA) is 49.4 Å². The number of carbonyl (C=O) groups is 2. The largest absolute Gasteiger partial charge is 0.326 e. The molecule has 1 aliphatic heterocycles. The third-order valence-electron chi connectivity index (χ3n) is 4.71. The molecule has 2 aromatic rings. The van der Waals surface area contributed by atoms with Crippen LogP contribution in [0.5, 0.6) is 0 Å². The van der Waals surface area contributed by atoms with E-state index in [0.29, 0.717) is 18.1 Å². The molecular weight excluding hydrogens is 356 g/mol.